The average molecular weight is 251 g/mol. The van der Waals surface area contributed by atoms with E-state index in [2.05, 4.69) is 15.4 Å². The van der Waals surface area contributed by atoms with Gasteiger partial charge in [0.15, 0.2) is 11.6 Å². The van der Waals surface area contributed by atoms with Crippen LogP contribution in [0.5, 0.6) is 5.75 Å². The highest BCUT2D eigenvalue weighted by atomic mass is 19.1. The van der Waals surface area contributed by atoms with Gasteiger partial charge in [-0.15, -0.1) is 0 Å². The monoisotopic (exact) mass is 251 g/mol. The van der Waals surface area contributed by atoms with Gasteiger partial charge in [0.25, 0.3) is 0 Å². The van der Waals surface area contributed by atoms with Crippen LogP contribution < -0.4 is 10.2 Å². The van der Waals surface area contributed by atoms with Gasteiger partial charge in [-0.2, -0.15) is 15.4 Å². The molecular formula is C10H11BFN3O3. The van der Waals surface area contributed by atoms with Gasteiger partial charge in [-0.1, -0.05) is 6.07 Å². The number of aromatic amines is 1. The number of halogens is 1. The first kappa shape index (κ1) is 12.5. The maximum atomic E-state index is 13.5. The third kappa shape index (κ3) is 2.66. The van der Waals surface area contributed by atoms with Crippen LogP contribution in [-0.2, 0) is 0 Å². The highest BCUT2D eigenvalue weighted by molar-refractivity contribution is 6.58. The summed E-state index contributed by atoms with van der Waals surface area (Å²) >= 11 is 0. The average Bonchev–Trinajstić information content (AvgIpc) is 2.85. The van der Waals surface area contributed by atoms with Crippen LogP contribution in [0.15, 0.2) is 24.4 Å². The fraction of sp³-hybridized carbons (Fsp3) is 0.200. The number of hydrogen-bond donors (Lipinski definition) is 3. The molecule has 0 amide bonds. The molecule has 94 valence electrons. The summed E-state index contributed by atoms with van der Waals surface area (Å²) in [6.07, 6.45) is 0.956. The summed E-state index contributed by atoms with van der Waals surface area (Å²) in [4.78, 5) is 0. The summed E-state index contributed by atoms with van der Waals surface area (Å²) in [5.74, 6) is -0.661. The quantitative estimate of drug-likeness (QED) is 0.652. The van der Waals surface area contributed by atoms with Crippen LogP contribution in [-0.4, -0.2) is 32.6 Å². The molecule has 3 N–H and O–H groups in total. The molecule has 0 radical (unpaired) electrons. The molecule has 2 aromatic rings. The molecule has 0 spiro atoms. The molecule has 18 heavy (non-hydrogen) atoms. The second-order valence-electron chi connectivity index (χ2n) is 3.72. The number of rotatable bonds is 4. The van der Waals surface area contributed by atoms with Gasteiger partial charge in [0.1, 0.15) is 11.8 Å². The van der Waals surface area contributed by atoms with Crippen LogP contribution in [0.2, 0.25) is 0 Å². The lowest BCUT2D eigenvalue weighted by atomic mass is 9.80. The van der Waals surface area contributed by atoms with Crippen LogP contribution in [0.1, 0.15) is 18.7 Å². The lowest BCUT2D eigenvalue weighted by Crippen LogP contribution is -2.29. The Bertz CT molecular complexity index is 521. The van der Waals surface area contributed by atoms with Crippen molar-refractivity contribution in [2.75, 3.05) is 0 Å². The highest BCUT2D eigenvalue weighted by Crippen LogP contribution is 2.21. The Balaban J connectivity index is 2.20. The van der Waals surface area contributed by atoms with Crippen molar-refractivity contribution in [1.29, 1.82) is 0 Å². The van der Waals surface area contributed by atoms with Gasteiger partial charge in [-0.05, 0) is 24.5 Å². The standard InChI is InChI=1S/C10H11BFN3O3/c1-6(9-5-13-15-14-9)18-10-4-7(11(16)17)2-3-8(10)12/h2-6,16-17H,1H3,(H,13,14,15). The second-order valence-corrected chi connectivity index (χ2v) is 3.72. The molecule has 1 unspecified atom stereocenters. The van der Waals surface area contributed by atoms with Gasteiger partial charge in [-0.25, -0.2) is 4.39 Å². The summed E-state index contributed by atoms with van der Waals surface area (Å²) in [6.45, 7) is 1.68. The van der Waals surface area contributed by atoms with Crippen molar-refractivity contribution in [3.05, 3.63) is 35.9 Å². The molecule has 0 fully saturated rings. The Labute approximate surface area is 103 Å². The molecule has 0 saturated heterocycles. The zero-order valence-corrected chi connectivity index (χ0v) is 9.54. The Morgan fingerprint density at radius 2 is 2.22 bits per heavy atom. The van der Waals surface area contributed by atoms with Crippen molar-refractivity contribution in [3.63, 3.8) is 0 Å². The summed E-state index contributed by atoms with van der Waals surface area (Å²) in [6, 6.07) is 3.61. The predicted molar refractivity (Wildman–Crippen MR) is 61.7 cm³/mol. The molecule has 0 saturated carbocycles. The molecule has 0 aliphatic carbocycles. The van der Waals surface area contributed by atoms with Crippen molar-refractivity contribution in [2.45, 2.75) is 13.0 Å². The van der Waals surface area contributed by atoms with Crippen molar-refractivity contribution >= 4 is 12.6 Å². The molecule has 1 aromatic heterocycles. The number of nitrogens with one attached hydrogen (secondary N) is 1. The topological polar surface area (TPSA) is 91.3 Å². The van der Waals surface area contributed by atoms with E-state index < -0.39 is 19.0 Å². The molecule has 0 aliphatic rings. The van der Waals surface area contributed by atoms with E-state index in [4.69, 9.17) is 14.8 Å². The first-order valence-corrected chi connectivity index (χ1v) is 5.26. The number of aromatic nitrogens is 3. The van der Waals surface area contributed by atoms with Crippen LogP contribution in [0, 0.1) is 5.82 Å². The first-order chi connectivity index (χ1) is 8.58. The Kier molecular flexibility index (Phi) is 3.59. The van der Waals surface area contributed by atoms with Crippen LogP contribution in [0.25, 0.3) is 0 Å². The number of hydrogen-bond acceptors (Lipinski definition) is 5. The first-order valence-electron chi connectivity index (χ1n) is 5.26. The van der Waals surface area contributed by atoms with Crippen molar-refractivity contribution in [2.24, 2.45) is 0 Å². The summed E-state index contributed by atoms with van der Waals surface area (Å²) in [5.41, 5.74) is 0.670. The number of benzene rings is 1. The van der Waals surface area contributed by atoms with Gasteiger partial charge >= 0.3 is 7.12 Å². The van der Waals surface area contributed by atoms with Gasteiger partial charge in [0, 0.05) is 0 Å². The van der Waals surface area contributed by atoms with E-state index in [-0.39, 0.29) is 11.2 Å². The molecule has 8 heteroatoms. The zero-order chi connectivity index (χ0) is 13.1. The Morgan fingerprint density at radius 1 is 1.44 bits per heavy atom. The van der Waals surface area contributed by atoms with Crippen molar-refractivity contribution < 1.29 is 19.2 Å². The lowest BCUT2D eigenvalue weighted by molar-refractivity contribution is 0.211. The Hall–Kier alpha value is -1.93. The molecule has 1 heterocycles. The Morgan fingerprint density at radius 3 is 2.83 bits per heavy atom. The maximum Gasteiger partial charge on any atom is 0.488 e. The third-order valence-electron chi connectivity index (χ3n) is 2.41. The highest BCUT2D eigenvalue weighted by Gasteiger charge is 2.17. The molecule has 1 aromatic carbocycles. The SMILES string of the molecule is CC(Oc1cc(B(O)O)ccc1F)c1cn[nH]n1. The number of nitrogens with zero attached hydrogens (tertiary/aromatic N) is 2. The van der Waals surface area contributed by atoms with E-state index in [1.807, 2.05) is 0 Å². The van der Waals surface area contributed by atoms with E-state index in [0.29, 0.717) is 5.69 Å². The van der Waals surface area contributed by atoms with Gasteiger partial charge in [0.05, 0.1) is 6.20 Å². The molecular weight excluding hydrogens is 240 g/mol. The van der Waals surface area contributed by atoms with E-state index in [1.165, 1.54) is 18.3 Å². The largest absolute Gasteiger partial charge is 0.488 e. The summed E-state index contributed by atoms with van der Waals surface area (Å²) in [5, 5.41) is 27.9. The lowest BCUT2D eigenvalue weighted by Gasteiger charge is -2.13. The van der Waals surface area contributed by atoms with Crippen LogP contribution in [0.3, 0.4) is 0 Å². The fourth-order valence-electron chi connectivity index (χ4n) is 1.43. The third-order valence-corrected chi connectivity index (χ3v) is 2.41. The normalized spacial score (nSPS) is 12.2. The predicted octanol–water partition coefficient (Wildman–Crippen LogP) is -0.236. The van der Waals surface area contributed by atoms with Crippen molar-refractivity contribution in [3.8, 4) is 5.75 Å². The smallest absolute Gasteiger partial charge is 0.481 e. The molecule has 1 atom stereocenters. The van der Waals surface area contributed by atoms with E-state index in [1.54, 1.807) is 6.92 Å². The number of ether oxygens (including phenoxy) is 1. The molecule has 0 bridgehead atoms. The minimum absolute atomic E-state index is 0.0731. The van der Waals surface area contributed by atoms with Crippen molar-refractivity contribution in [1.82, 2.24) is 15.4 Å². The number of H-pyrrole nitrogens is 1. The van der Waals surface area contributed by atoms with E-state index in [9.17, 15) is 4.39 Å². The van der Waals surface area contributed by atoms with E-state index >= 15 is 0 Å². The van der Waals surface area contributed by atoms with Gasteiger partial charge in [0.2, 0.25) is 0 Å². The molecule has 6 nitrogen and oxygen atoms in total. The second kappa shape index (κ2) is 5.15. The minimum Gasteiger partial charge on any atom is -0.481 e. The minimum atomic E-state index is -1.67. The van der Waals surface area contributed by atoms with Crippen LogP contribution in [0.4, 0.5) is 4.39 Å². The summed E-state index contributed by atoms with van der Waals surface area (Å²) < 4.78 is 18.9. The molecule has 2 rings (SSSR count). The maximum absolute atomic E-state index is 13.5. The van der Waals surface area contributed by atoms with Crippen LogP contribution >= 0.6 is 0 Å². The summed E-state index contributed by atoms with van der Waals surface area (Å²) in [7, 11) is -1.67. The van der Waals surface area contributed by atoms with Gasteiger partial charge in [-0.3, -0.25) is 0 Å². The van der Waals surface area contributed by atoms with Gasteiger partial charge < -0.3 is 14.8 Å². The fourth-order valence-corrected chi connectivity index (χ4v) is 1.43. The van der Waals surface area contributed by atoms with E-state index in [0.717, 1.165) is 6.07 Å². The zero-order valence-electron chi connectivity index (χ0n) is 9.54. The molecule has 0 aliphatic heterocycles.